The van der Waals surface area contributed by atoms with Crippen LogP contribution in [0.3, 0.4) is 0 Å². The predicted molar refractivity (Wildman–Crippen MR) is 93.2 cm³/mol. The van der Waals surface area contributed by atoms with Gasteiger partial charge in [-0.2, -0.15) is 0 Å². The zero-order valence-corrected chi connectivity index (χ0v) is 14.5. The lowest BCUT2D eigenvalue weighted by Gasteiger charge is -2.21. The largest absolute Gasteiger partial charge is 0.338 e. The van der Waals surface area contributed by atoms with Crippen molar-refractivity contribution in [1.82, 2.24) is 10.3 Å². The summed E-state index contributed by atoms with van der Waals surface area (Å²) in [7, 11) is 0. The maximum atomic E-state index is 14.4. The van der Waals surface area contributed by atoms with Gasteiger partial charge in [0.2, 0.25) is 0 Å². The van der Waals surface area contributed by atoms with Gasteiger partial charge in [0, 0.05) is 33.1 Å². The maximum absolute atomic E-state index is 14.4. The van der Waals surface area contributed by atoms with Gasteiger partial charge in [0.15, 0.2) is 11.6 Å². The molecule has 2 N–H and O–H groups in total. The lowest BCUT2D eigenvalue weighted by atomic mass is 10.1. The van der Waals surface area contributed by atoms with E-state index in [-0.39, 0.29) is 17.2 Å². The number of aromatic nitrogens is 1. The summed E-state index contributed by atoms with van der Waals surface area (Å²) in [6, 6.07) is 9.44. The number of nitrogens with one attached hydrogen (secondary N) is 2. The molecule has 1 heterocycles. The van der Waals surface area contributed by atoms with E-state index in [1.165, 1.54) is 0 Å². The highest BCUT2D eigenvalue weighted by molar-refractivity contribution is 14.1. The van der Waals surface area contributed by atoms with E-state index in [4.69, 9.17) is 0 Å². The van der Waals surface area contributed by atoms with Gasteiger partial charge >= 0.3 is 0 Å². The minimum absolute atomic E-state index is 0.0561. The zero-order valence-electron chi connectivity index (χ0n) is 12.4. The number of anilines is 2. The van der Waals surface area contributed by atoms with Gasteiger partial charge in [0.25, 0.3) is 0 Å². The van der Waals surface area contributed by atoms with Crippen molar-refractivity contribution < 1.29 is 4.39 Å². The summed E-state index contributed by atoms with van der Waals surface area (Å²) in [5.74, 6) is -0.0581. The van der Waals surface area contributed by atoms with Crippen LogP contribution in [0, 0.1) is 9.39 Å². The lowest BCUT2D eigenvalue weighted by Crippen LogP contribution is -2.35. The van der Waals surface area contributed by atoms with Crippen LogP contribution in [0.2, 0.25) is 0 Å². The van der Waals surface area contributed by atoms with Gasteiger partial charge in [-0.3, -0.25) is 0 Å². The van der Waals surface area contributed by atoms with Crippen molar-refractivity contribution in [2.45, 2.75) is 32.9 Å². The molecule has 2 rings (SSSR count). The van der Waals surface area contributed by atoms with Crippen molar-refractivity contribution in [3.8, 4) is 0 Å². The third-order valence-electron chi connectivity index (χ3n) is 2.89. The molecule has 0 aliphatic carbocycles. The van der Waals surface area contributed by atoms with Gasteiger partial charge in [-0.15, -0.1) is 0 Å². The molecule has 112 valence electrons. The number of nitrogens with zero attached hydrogens (tertiary/aromatic N) is 1. The minimum atomic E-state index is -0.312. The van der Waals surface area contributed by atoms with E-state index < -0.39 is 0 Å². The average molecular weight is 399 g/mol. The highest BCUT2D eigenvalue weighted by Crippen LogP contribution is 2.21. The number of benzene rings is 1. The molecule has 1 aromatic heterocycles. The first kappa shape index (κ1) is 16.2. The molecule has 0 bridgehead atoms. The molecule has 0 atom stereocenters. The van der Waals surface area contributed by atoms with Crippen molar-refractivity contribution in [2.75, 3.05) is 5.32 Å². The normalized spacial score (nSPS) is 11.5. The second-order valence-corrected chi connectivity index (χ2v) is 7.11. The monoisotopic (exact) mass is 399 g/mol. The molecule has 0 aliphatic heterocycles. The molecule has 2 aromatic rings. The van der Waals surface area contributed by atoms with Crippen LogP contribution in [0.15, 0.2) is 36.5 Å². The van der Waals surface area contributed by atoms with Crippen LogP contribution in [-0.2, 0) is 6.54 Å². The van der Waals surface area contributed by atoms with Crippen molar-refractivity contribution in [1.29, 1.82) is 0 Å². The minimum Gasteiger partial charge on any atom is -0.338 e. The van der Waals surface area contributed by atoms with Crippen molar-refractivity contribution in [2.24, 2.45) is 0 Å². The van der Waals surface area contributed by atoms with Crippen molar-refractivity contribution >= 4 is 34.1 Å². The van der Waals surface area contributed by atoms with Gasteiger partial charge in [0.1, 0.15) is 0 Å². The molecule has 0 fully saturated rings. The Bertz CT molecular complexity index is 606. The highest BCUT2D eigenvalue weighted by Gasteiger charge is 2.13. The van der Waals surface area contributed by atoms with E-state index in [0.29, 0.717) is 12.1 Å². The summed E-state index contributed by atoms with van der Waals surface area (Å²) in [6.45, 7) is 6.63. The van der Waals surface area contributed by atoms with Crippen LogP contribution in [0.5, 0.6) is 0 Å². The van der Waals surface area contributed by atoms with E-state index >= 15 is 0 Å². The fourth-order valence-electron chi connectivity index (χ4n) is 1.74. The number of hydrogen-bond donors (Lipinski definition) is 2. The standard InChI is InChI=1S/C16H19FIN3/c1-16(2,3)20-10-11-8-9-19-15(14(11)17)21-13-6-4-12(18)5-7-13/h4-9,20H,10H2,1-3H3,(H,19,21). The van der Waals surface area contributed by atoms with E-state index in [1.807, 2.05) is 24.3 Å². The quantitative estimate of drug-likeness (QED) is 0.746. The fraction of sp³-hybridized carbons (Fsp3) is 0.312. The summed E-state index contributed by atoms with van der Waals surface area (Å²) < 4.78 is 15.6. The van der Waals surface area contributed by atoms with E-state index in [2.05, 4.69) is 59.0 Å². The van der Waals surface area contributed by atoms with E-state index in [0.717, 1.165) is 9.26 Å². The van der Waals surface area contributed by atoms with Crippen LogP contribution in [0.4, 0.5) is 15.9 Å². The first-order valence-electron chi connectivity index (χ1n) is 6.76. The first-order valence-corrected chi connectivity index (χ1v) is 7.84. The molecule has 0 amide bonds. The number of rotatable bonds is 4. The summed E-state index contributed by atoms with van der Waals surface area (Å²) in [6.07, 6.45) is 1.62. The Morgan fingerprint density at radius 2 is 1.81 bits per heavy atom. The van der Waals surface area contributed by atoms with Crippen LogP contribution in [0.1, 0.15) is 26.3 Å². The third-order valence-corrected chi connectivity index (χ3v) is 3.60. The fourth-order valence-corrected chi connectivity index (χ4v) is 2.10. The lowest BCUT2D eigenvalue weighted by molar-refractivity contribution is 0.418. The Hall–Kier alpha value is -1.21. The Labute approximate surface area is 138 Å². The van der Waals surface area contributed by atoms with Gasteiger partial charge in [0.05, 0.1) is 0 Å². The smallest absolute Gasteiger partial charge is 0.170 e. The summed E-state index contributed by atoms with van der Waals surface area (Å²) >= 11 is 2.23. The molecule has 0 saturated heterocycles. The topological polar surface area (TPSA) is 37.0 Å². The summed E-state index contributed by atoms with van der Waals surface area (Å²) in [5, 5.41) is 6.30. The summed E-state index contributed by atoms with van der Waals surface area (Å²) in [5.41, 5.74) is 1.37. The van der Waals surface area contributed by atoms with Gasteiger partial charge in [-0.25, -0.2) is 9.37 Å². The van der Waals surface area contributed by atoms with Crippen LogP contribution >= 0.6 is 22.6 Å². The van der Waals surface area contributed by atoms with Crippen LogP contribution in [0.25, 0.3) is 0 Å². The molecular weight excluding hydrogens is 380 g/mol. The molecule has 0 radical (unpaired) electrons. The Morgan fingerprint density at radius 3 is 2.43 bits per heavy atom. The first-order chi connectivity index (χ1) is 9.85. The molecular formula is C16H19FIN3. The van der Waals surface area contributed by atoms with Crippen molar-refractivity contribution in [3.05, 3.63) is 51.5 Å². The Balaban J connectivity index is 2.15. The van der Waals surface area contributed by atoms with Crippen LogP contribution in [-0.4, -0.2) is 10.5 Å². The molecule has 0 spiro atoms. The molecule has 5 heteroatoms. The molecule has 0 aliphatic rings. The number of pyridine rings is 1. The number of hydrogen-bond acceptors (Lipinski definition) is 3. The van der Waals surface area contributed by atoms with Gasteiger partial charge < -0.3 is 10.6 Å². The molecule has 0 saturated carbocycles. The second-order valence-electron chi connectivity index (χ2n) is 5.87. The predicted octanol–water partition coefficient (Wildman–Crippen LogP) is 4.46. The second kappa shape index (κ2) is 6.70. The molecule has 1 aromatic carbocycles. The van der Waals surface area contributed by atoms with Gasteiger partial charge in [-0.1, -0.05) is 0 Å². The zero-order chi connectivity index (χ0) is 15.5. The Morgan fingerprint density at radius 1 is 1.14 bits per heavy atom. The third kappa shape index (κ3) is 4.93. The van der Waals surface area contributed by atoms with Crippen molar-refractivity contribution in [3.63, 3.8) is 0 Å². The number of halogens is 2. The van der Waals surface area contributed by atoms with E-state index in [9.17, 15) is 4.39 Å². The molecule has 3 nitrogen and oxygen atoms in total. The molecule has 21 heavy (non-hydrogen) atoms. The average Bonchev–Trinajstić information content (AvgIpc) is 2.41. The summed E-state index contributed by atoms with van der Waals surface area (Å²) in [4.78, 5) is 4.09. The highest BCUT2D eigenvalue weighted by atomic mass is 127. The van der Waals surface area contributed by atoms with E-state index in [1.54, 1.807) is 12.3 Å². The Kier molecular flexibility index (Phi) is 5.16. The van der Waals surface area contributed by atoms with Gasteiger partial charge in [-0.05, 0) is 73.7 Å². The maximum Gasteiger partial charge on any atom is 0.170 e. The van der Waals surface area contributed by atoms with Crippen LogP contribution < -0.4 is 10.6 Å². The molecule has 0 unspecified atom stereocenters. The SMILES string of the molecule is CC(C)(C)NCc1ccnc(Nc2ccc(I)cc2)c1F.